The van der Waals surface area contributed by atoms with Crippen molar-refractivity contribution in [3.05, 3.63) is 29.8 Å². The summed E-state index contributed by atoms with van der Waals surface area (Å²) in [4.78, 5) is 29.5. The molecule has 1 atom stereocenters. The lowest BCUT2D eigenvalue weighted by Gasteiger charge is -2.35. The van der Waals surface area contributed by atoms with E-state index in [2.05, 4.69) is 22.3 Å². The van der Waals surface area contributed by atoms with Crippen LogP contribution in [-0.4, -0.2) is 59.4 Å². The number of carbonyl (C=O) groups is 2. The molecule has 2 saturated heterocycles. The predicted octanol–water partition coefficient (Wildman–Crippen LogP) is 3.30. The molecule has 31 heavy (non-hydrogen) atoms. The van der Waals surface area contributed by atoms with E-state index in [0.717, 1.165) is 37.9 Å². The van der Waals surface area contributed by atoms with Gasteiger partial charge in [-0.15, -0.1) is 0 Å². The summed E-state index contributed by atoms with van der Waals surface area (Å²) in [5.74, 6) is 0.272. The zero-order valence-corrected chi connectivity index (χ0v) is 19.3. The molecular formula is C24H37N3O4. The van der Waals surface area contributed by atoms with Gasteiger partial charge in [-0.1, -0.05) is 12.1 Å². The summed E-state index contributed by atoms with van der Waals surface area (Å²) in [6.07, 6.45) is 3.00. The third-order valence-electron chi connectivity index (χ3n) is 6.37. The highest BCUT2D eigenvalue weighted by Crippen LogP contribution is 2.31. The molecule has 0 aromatic heterocycles. The lowest BCUT2D eigenvalue weighted by atomic mass is 9.97. The van der Waals surface area contributed by atoms with Crippen molar-refractivity contribution in [2.75, 3.05) is 31.1 Å². The van der Waals surface area contributed by atoms with E-state index in [1.54, 1.807) is 4.90 Å². The highest BCUT2D eigenvalue weighted by molar-refractivity contribution is 5.90. The van der Waals surface area contributed by atoms with Crippen LogP contribution in [0.1, 0.15) is 58.9 Å². The normalized spacial score (nSPS) is 22.5. The van der Waals surface area contributed by atoms with Gasteiger partial charge in [0, 0.05) is 38.5 Å². The number of piperidine rings is 1. The lowest BCUT2D eigenvalue weighted by molar-refractivity contribution is -0.131. The fourth-order valence-electron chi connectivity index (χ4n) is 4.38. The Hall–Kier alpha value is -2.28. The molecule has 1 aromatic rings. The molecule has 2 N–H and O–H groups in total. The SMILES string of the molecule is CC(C)(C)OC(=O)N1CCC[C@@]1(C)C(=O)NCc1ccc(N2CCC(CO)CC2)cc1. The summed E-state index contributed by atoms with van der Waals surface area (Å²) < 4.78 is 5.50. The van der Waals surface area contributed by atoms with Gasteiger partial charge in [0.1, 0.15) is 11.1 Å². The average Bonchev–Trinajstić information content (AvgIpc) is 3.14. The van der Waals surface area contributed by atoms with Gasteiger partial charge < -0.3 is 20.1 Å². The Morgan fingerprint density at radius 2 is 1.81 bits per heavy atom. The average molecular weight is 432 g/mol. The molecule has 1 aromatic carbocycles. The maximum atomic E-state index is 13.0. The van der Waals surface area contributed by atoms with Crippen LogP contribution in [0.25, 0.3) is 0 Å². The number of aliphatic hydroxyl groups excluding tert-OH is 1. The van der Waals surface area contributed by atoms with Crippen LogP contribution in [0.3, 0.4) is 0 Å². The monoisotopic (exact) mass is 431 g/mol. The van der Waals surface area contributed by atoms with Crippen molar-refractivity contribution >= 4 is 17.7 Å². The number of carbonyl (C=O) groups excluding carboxylic acids is 2. The number of aliphatic hydroxyl groups is 1. The van der Waals surface area contributed by atoms with E-state index in [-0.39, 0.29) is 12.5 Å². The van der Waals surface area contributed by atoms with E-state index < -0.39 is 17.2 Å². The first-order valence-electron chi connectivity index (χ1n) is 11.4. The third-order valence-corrected chi connectivity index (χ3v) is 6.37. The maximum Gasteiger partial charge on any atom is 0.411 e. The highest BCUT2D eigenvalue weighted by atomic mass is 16.6. The Labute approximate surface area is 185 Å². The molecule has 0 spiro atoms. The number of benzene rings is 1. The summed E-state index contributed by atoms with van der Waals surface area (Å²) in [5, 5.41) is 12.3. The molecule has 0 unspecified atom stereocenters. The minimum atomic E-state index is -0.890. The van der Waals surface area contributed by atoms with Crippen molar-refractivity contribution in [1.82, 2.24) is 10.2 Å². The van der Waals surface area contributed by atoms with Gasteiger partial charge in [-0.2, -0.15) is 0 Å². The van der Waals surface area contributed by atoms with E-state index in [1.807, 2.05) is 39.8 Å². The van der Waals surface area contributed by atoms with Crippen LogP contribution in [0.15, 0.2) is 24.3 Å². The molecular weight excluding hydrogens is 394 g/mol. The number of hydrogen-bond acceptors (Lipinski definition) is 5. The fraction of sp³-hybridized carbons (Fsp3) is 0.667. The van der Waals surface area contributed by atoms with Crippen LogP contribution in [0.2, 0.25) is 0 Å². The summed E-state index contributed by atoms with van der Waals surface area (Å²) in [6.45, 7) is 10.4. The molecule has 2 aliphatic rings. The van der Waals surface area contributed by atoms with Gasteiger partial charge in [0.15, 0.2) is 0 Å². The van der Waals surface area contributed by atoms with Gasteiger partial charge in [0.05, 0.1) is 0 Å². The molecule has 2 aliphatic heterocycles. The molecule has 0 radical (unpaired) electrons. The van der Waals surface area contributed by atoms with Gasteiger partial charge in [-0.3, -0.25) is 9.69 Å². The number of hydrogen-bond donors (Lipinski definition) is 2. The number of anilines is 1. The van der Waals surface area contributed by atoms with E-state index in [1.165, 1.54) is 5.69 Å². The summed E-state index contributed by atoms with van der Waals surface area (Å²) in [6, 6.07) is 8.25. The fourth-order valence-corrected chi connectivity index (χ4v) is 4.38. The molecule has 7 nitrogen and oxygen atoms in total. The highest BCUT2D eigenvalue weighted by Gasteiger charge is 2.47. The number of nitrogens with zero attached hydrogens (tertiary/aromatic N) is 2. The Bertz CT molecular complexity index is 766. The lowest BCUT2D eigenvalue weighted by Crippen LogP contribution is -2.56. The largest absolute Gasteiger partial charge is 0.444 e. The van der Waals surface area contributed by atoms with E-state index in [0.29, 0.717) is 25.4 Å². The number of nitrogens with one attached hydrogen (secondary N) is 1. The topological polar surface area (TPSA) is 82.1 Å². The van der Waals surface area contributed by atoms with Crippen molar-refractivity contribution in [2.45, 2.75) is 71.1 Å². The molecule has 7 heteroatoms. The van der Waals surface area contributed by atoms with Crippen molar-refractivity contribution in [2.24, 2.45) is 5.92 Å². The van der Waals surface area contributed by atoms with Gasteiger partial charge in [0.2, 0.25) is 5.91 Å². The van der Waals surface area contributed by atoms with Crippen molar-refractivity contribution in [1.29, 1.82) is 0 Å². The van der Waals surface area contributed by atoms with Gasteiger partial charge in [0.25, 0.3) is 0 Å². The predicted molar refractivity (Wildman–Crippen MR) is 121 cm³/mol. The molecule has 3 rings (SSSR count). The molecule has 2 heterocycles. The maximum absolute atomic E-state index is 13.0. The van der Waals surface area contributed by atoms with Gasteiger partial charge in [-0.25, -0.2) is 4.79 Å². The molecule has 2 amide bonds. The molecule has 172 valence electrons. The zero-order valence-electron chi connectivity index (χ0n) is 19.3. The number of ether oxygens (including phenoxy) is 1. The second-order valence-corrected chi connectivity index (χ2v) is 9.97. The number of likely N-dealkylation sites (tertiary alicyclic amines) is 1. The molecule has 2 fully saturated rings. The van der Waals surface area contributed by atoms with Gasteiger partial charge >= 0.3 is 6.09 Å². The Balaban J connectivity index is 1.55. The zero-order chi connectivity index (χ0) is 22.6. The van der Waals surface area contributed by atoms with E-state index in [9.17, 15) is 14.7 Å². The van der Waals surface area contributed by atoms with Crippen molar-refractivity contribution in [3.8, 4) is 0 Å². The van der Waals surface area contributed by atoms with E-state index in [4.69, 9.17) is 4.74 Å². The molecule has 0 bridgehead atoms. The summed E-state index contributed by atoms with van der Waals surface area (Å²) in [5.41, 5.74) is 0.712. The van der Waals surface area contributed by atoms with E-state index >= 15 is 0 Å². The van der Waals surface area contributed by atoms with Crippen LogP contribution in [-0.2, 0) is 16.1 Å². The van der Waals surface area contributed by atoms with Crippen molar-refractivity contribution < 1.29 is 19.4 Å². The van der Waals surface area contributed by atoms with Crippen LogP contribution in [0.5, 0.6) is 0 Å². The minimum Gasteiger partial charge on any atom is -0.444 e. The smallest absolute Gasteiger partial charge is 0.411 e. The van der Waals surface area contributed by atoms with Crippen LogP contribution < -0.4 is 10.2 Å². The van der Waals surface area contributed by atoms with Crippen LogP contribution in [0.4, 0.5) is 10.5 Å². The second-order valence-electron chi connectivity index (χ2n) is 9.97. The van der Waals surface area contributed by atoms with Crippen LogP contribution in [0, 0.1) is 5.92 Å². The number of rotatable bonds is 5. The first kappa shape index (κ1) is 23.4. The van der Waals surface area contributed by atoms with Gasteiger partial charge in [-0.05, 0) is 77.0 Å². The third kappa shape index (κ3) is 5.70. The molecule has 0 aliphatic carbocycles. The Kier molecular flexibility index (Phi) is 7.14. The molecule has 0 saturated carbocycles. The minimum absolute atomic E-state index is 0.147. The summed E-state index contributed by atoms with van der Waals surface area (Å²) in [7, 11) is 0. The summed E-state index contributed by atoms with van der Waals surface area (Å²) >= 11 is 0. The van der Waals surface area contributed by atoms with Crippen LogP contribution >= 0.6 is 0 Å². The standard InChI is InChI=1S/C24H37N3O4/c1-23(2,3)31-22(30)27-13-5-12-24(27,4)21(29)25-16-18-6-8-20(9-7-18)26-14-10-19(17-28)11-15-26/h6-9,19,28H,5,10-17H2,1-4H3,(H,25,29)/t24-/m0/s1. The first-order valence-corrected chi connectivity index (χ1v) is 11.4. The van der Waals surface area contributed by atoms with Crippen molar-refractivity contribution in [3.63, 3.8) is 0 Å². The second kappa shape index (κ2) is 9.47. The Morgan fingerprint density at radius 1 is 1.16 bits per heavy atom. The first-order chi connectivity index (χ1) is 14.6. The quantitative estimate of drug-likeness (QED) is 0.748. The Morgan fingerprint density at radius 3 is 2.39 bits per heavy atom. The number of amides is 2.